The van der Waals surface area contributed by atoms with E-state index in [1.165, 1.54) is 11.3 Å². The van der Waals surface area contributed by atoms with E-state index < -0.39 is 5.97 Å². The molecule has 0 amide bonds. The molecule has 14 heavy (non-hydrogen) atoms. The number of aromatic carboxylic acids is 1. The van der Waals surface area contributed by atoms with Crippen molar-refractivity contribution in [1.82, 2.24) is 0 Å². The SMILES string of the molecule is CCC(C)(C)c1cc(Br)sc1C(=O)O. The molecular weight excluding hydrogens is 264 g/mol. The minimum Gasteiger partial charge on any atom is -0.477 e. The van der Waals surface area contributed by atoms with Gasteiger partial charge in [-0.3, -0.25) is 0 Å². The zero-order chi connectivity index (χ0) is 10.9. The van der Waals surface area contributed by atoms with Crippen molar-refractivity contribution in [2.45, 2.75) is 32.6 Å². The van der Waals surface area contributed by atoms with Crippen molar-refractivity contribution in [3.05, 3.63) is 20.3 Å². The van der Waals surface area contributed by atoms with Crippen LogP contribution in [0.25, 0.3) is 0 Å². The molecule has 1 heterocycles. The Balaban J connectivity index is 3.26. The maximum atomic E-state index is 11.0. The molecule has 1 N–H and O–H groups in total. The fraction of sp³-hybridized carbons (Fsp3) is 0.500. The van der Waals surface area contributed by atoms with E-state index in [0.717, 1.165) is 15.8 Å². The Hall–Kier alpha value is -0.350. The van der Waals surface area contributed by atoms with Crippen LogP contribution in [0.2, 0.25) is 0 Å². The summed E-state index contributed by atoms with van der Waals surface area (Å²) >= 11 is 4.61. The summed E-state index contributed by atoms with van der Waals surface area (Å²) in [4.78, 5) is 11.4. The van der Waals surface area contributed by atoms with Crippen molar-refractivity contribution in [3.8, 4) is 0 Å². The van der Waals surface area contributed by atoms with E-state index in [4.69, 9.17) is 5.11 Å². The van der Waals surface area contributed by atoms with Crippen LogP contribution >= 0.6 is 27.3 Å². The molecule has 0 atom stereocenters. The van der Waals surface area contributed by atoms with Gasteiger partial charge in [0.15, 0.2) is 0 Å². The molecule has 0 spiro atoms. The molecular formula is C10H13BrO2S. The summed E-state index contributed by atoms with van der Waals surface area (Å²) in [6.45, 7) is 6.19. The minimum atomic E-state index is -0.836. The zero-order valence-electron chi connectivity index (χ0n) is 8.43. The van der Waals surface area contributed by atoms with Gasteiger partial charge < -0.3 is 5.11 Å². The Kier molecular flexibility index (Phi) is 3.37. The molecule has 4 heteroatoms. The minimum absolute atomic E-state index is 0.0732. The Labute approximate surface area is 96.1 Å². The highest BCUT2D eigenvalue weighted by atomic mass is 79.9. The first-order valence-corrected chi connectivity index (χ1v) is 6.02. The van der Waals surface area contributed by atoms with Crippen molar-refractivity contribution < 1.29 is 9.90 Å². The molecule has 0 aromatic carbocycles. The van der Waals surface area contributed by atoms with Gasteiger partial charge in [-0.15, -0.1) is 11.3 Å². The van der Waals surface area contributed by atoms with Crippen LogP contribution in [0.1, 0.15) is 42.4 Å². The number of halogens is 1. The standard InChI is InChI=1S/C10H13BrO2S/c1-4-10(2,3)6-5-7(11)14-8(6)9(12)13/h5H,4H2,1-3H3,(H,12,13). The molecule has 2 nitrogen and oxygen atoms in total. The van der Waals surface area contributed by atoms with Gasteiger partial charge in [0.1, 0.15) is 4.88 Å². The summed E-state index contributed by atoms with van der Waals surface area (Å²) in [6, 6.07) is 1.91. The van der Waals surface area contributed by atoms with Crippen molar-refractivity contribution in [1.29, 1.82) is 0 Å². The van der Waals surface area contributed by atoms with Crippen LogP contribution in [0, 0.1) is 0 Å². The zero-order valence-corrected chi connectivity index (χ0v) is 10.8. The Morgan fingerprint density at radius 2 is 2.21 bits per heavy atom. The second-order valence-electron chi connectivity index (χ2n) is 3.84. The van der Waals surface area contributed by atoms with Gasteiger partial charge in [0.05, 0.1) is 3.79 Å². The van der Waals surface area contributed by atoms with Crippen LogP contribution in [0.5, 0.6) is 0 Å². The highest BCUT2D eigenvalue weighted by molar-refractivity contribution is 9.11. The van der Waals surface area contributed by atoms with Crippen LogP contribution in [0.4, 0.5) is 0 Å². The van der Waals surface area contributed by atoms with Crippen LogP contribution in [-0.2, 0) is 5.41 Å². The first-order chi connectivity index (χ1) is 6.38. The molecule has 0 saturated carbocycles. The predicted octanol–water partition coefficient (Wildman–Crippen LogP) is 3.90. The first kappa shape index (κ1) is 11.7. The van der Waals surface area contributed by atoms with Gasteiger partial charge >= 0.3 is 5.97 Å². The summed E-state index contributed by atoms with van der Waals surface area (Å²) in [7, 11) is 0. The van der Waals surface area contributed by atoms with E-state index >= 15 is 0 Å². The van der Waals surface area contributed by atoms with Gasteiger partial charge in [-0.1, -0.05) is 20.8 Å². The van der Waals surface area contributed by atoms with Gasteiger partial charge in [-0.05, 0) is 39.4 Å². The van der Waals surface area contributed by atoms with Crippen molar-refractivity contribution in [2.75, 3.05) is 0 Å². The summed E-state index contributed by atoms with van der Waals surface area (Å²) in [6.07, 6.45) is 0.927. The highest BCUT2D eigenvalue weighted by Gasteiger charge is 2.26. The molecule has 1 rings (SSSR count). The summed E-state index contributed by atoms with van der Waals surface area (Å²) in [5, 5.41) is 9.03. The number of hydrogen-bond acceptors (Lipinski definition) is 2. The Morgan fingerprint density at radius 3 is 2.64 bits per heavy atom. The van der Waals surface area contributed by atoms with E-state index in [2.05, 4.69) is 36.7 Å². The van der Waals surface area contributed by atoms with Crippen LogP contribution in [-0.4, -0.2) is 11.1 Å². The third kappa shape index (κ3) is 2.17. The topological polar surface area (TPSA) is 37.3 Å². The lowest BCUT2D eigenvalue weighted by Crippen LogP contribution is -2.17. The van der Waals surface area contributed by atoms with Crippen molar-refractivity contribution in [3.63, 3.8) is 0 Å². The van der Waals surface area contributed by atoms with Gasteiger partial charge in [0, 0.05) is 0 Å². The number of carbonyl (C=O) groups is 1. The molecule has 1 aromatic rings. The third-order valence-electron chi connectivity index (χ3n) is 2.51. The molecule has 0 unspecified atom stereocenters. The Morgan fingerprint density at radius 1 is 1.64 bits per heavy atom. The fourth-order valence-electron chi connectivity index (χ4n) is 1.21. The van der Waals surface area contributed by atoms with E-state index in [1.807, 2.05) is 6.07 Å². The van der Waals surface area contributed by atoms with Gasteiger partial charge in [-0.2, -0.15) is 0 Å². The Bertz CT molecular complexity index is 355. The highest BCUT2D eigenvalue weighted by Crippen LogP contribution is 2.37. The van der Waals surface area contributed by atoms with Crippen LogP contribution in [0.3, 0.4) is 0 Å². The number of carboxylic acid groups (broad SMARTS) is 1. The lowest BCUT2D eigenvalue weighted by molar-refractivity contribution is 0.0699. The molecule has 1 aromatic heterocycles. The quantitative estimate of drug-likeness (QED) is 0.909. The second-order valence-corrected chi connectivity index (χ2v) is 6.27. The maximum absolute atomic E-state index is 11.0. The number of thiophene rings is 1. The van der Waals surface area contributed by atoms with Gasteiger partial charge in [0.2, 0.25) is 0 Å². The molecule has 78 valence electrons. The normalized spacial score (nSPS) is 11.7. The van der Waals surface area contributed by atoms with E-state index in [1.54, 1.807) is 0 Å². The summed E-state index contributed by atoms with van der Waals surface area (Å²) < 4.78 is 0.881. The van der Waals surface area contributed by atoms with Crippen LogP contribution < -0.4 is 0 Å². The third-order valence-corrected chi connectivity index (χ3v) is 4.14. The first-order valence-electron chi connectivity index (χ1n) is 4.41. The van der Waals surface area contributed by atoms with E-state index in [0.29, 0.717) is 4.88 Å². The number of hydrogen-bond donors (Lipinski definition) is 1. The fourth-order valence-corrected chi connectivity index (χ4v) is 2.83. The van der Waals surface area contributed by atoms with E-state index in [9.17, 15) is 4.79 Å². The molecule has 0 saturated heterocycles. The van der Waals surface area contributed by atoms with Crippen LogP contribution in [0.15, 0.2) is 9.85 Å². The average Bonchev–Trinajstić information content (AvgIpc) is 2.48. The van der Waals surface area contributed by atoms with Crippen molar-refractivity contribution >= 4 is 33.2 Å². The molecule has 0 aliphatic heterocycles. The summed E-state index contributed by atoms with van der Waals surface area (Å²) in [5.74, 6) is -0.836. The molecule has 0 bridgehead atoms. The number of rotatable bonds is 3. The maximum Gasteiger partial charge on any atom is 0.346 e. The lowest BCUT2D eigenvalue weighted by Gasteiger charge is -2.22. The molecule has 0 fully saturated rings. The van der Waals surface area contributed by atoms with E-state index in [-0.39, 0.29) is 5.41 Å². The molecule has 0 radical (unpaired) electrons. The predicted molar refractivity (Wildman–Crippen MR) is 62.3 cm³/mol. The van der Waals surface area contributed by atoms with Gasteiger partial charge in [0.25, 0.3) is 0 Å². The number of carboxylic acids is 1. The summed E-state index contributed by atoms with van der Waals surface area (Å²) in [5.41, 5.74) is 0.848. The smallest absolute Gasteiger partial charge is 0.346 e. The monoisotopic (exact) mass is 276 g/mol. The average molecular weight is 277 g/mol. The second kappa shape index (κ2) is 4.03. The molecule has 0 aliphatic rings. The largest absolute Gasteiger partial charge is 0.477 e. The molecule has 0 aliphatic carbocycles. The van der Waals surface area contributed by atoms with Crippen molar-refractivity contribution in [2.24, 2.45) is 0 Å². The lowest BCUT2D eigenvalue weighted by atomic mass is 9.82. The van der Waals surface area contributed by atoms with Gasteiger partial charge in [-0.25, -0.2) is 4.79 Å².